The molecule has 2 fully saturated rings. The number of benzene rings is 1. The van der Waals surface area contributed by atoms with Gasteiger partial charge in [-0.3, -0.25) is 0 Å². The number of aliphatic hydroxyl groups is 1. The molecular formula is C18H27BO4. The SMILES string of the molecule is CC1(C)OB(c2ccc(CC3(O)CCOCC3)cc2)OC1(C)C. The first-order chi connectivity index (χ1) is 10.7. The summed E-state index contributed by atoms with van der Waals surface area (Å²) in [6.07, 6.45) is 2.07. The Morgan fingerprint density at radius 3 is 2.00 bits per heavy atom. The van der Waals surface area contributed by atoms with E-state index in [0.717, 1.165) is 11.0 Å². The Kier molecular flexibility index (Phi) is 4.34. The van der Waals surface area contributed by atoms with Crippen LogP contribution >= 0.6 is 0 Å². The Bertz CT molecular complexity index is 531. The minimum absolute atomic E-state index is 0.326. The van der Waals surface area contributed by atoms with Gasteiger partial charge in [0.2, 0.25) is 0 Å². The predicted octanol–water partition coefficient (Wildman–Crippen LogP) is 2.07. The second-order valence-electron chi connectivity index (χ2n) is 7.84. The van der Waals surface area contributed by atoms with Crippen molar-refractivity contribution in [1.29, 1.82) is 0 Å². The molecule has 2 heterocycles. The van der Waals surface area contributed by atoms with Gasteiger partial charge in [-0.05, 0) is 51.6 Å². The molecule has 1 aromatic rings. The molecular weight excluding hydrogens is 291 g/mol. The van der Waals surface area contributed by atoms with Crippen LogP contribution in [0.25, 0.3) is 0 Å². The lowest BCUT2D eigenvalue weighted by molar-refractivity contribution is -0.0625. The van der Waals surface area contributed by atoms with Crippen LogP contribution in [0.15, 0.2) is 24.3 Å². The van der Waals surface area contributed by atoms with Gasteiger partial charge in [0.25, 0.3) is 0 Å². The summed E-state index contributed by atoms with van der Waals surface area (Å²) in [5, 5.41) is 10.6. The lowest BCUT2D eigenvalue weighted by Crippen LogP contribution is -2.41. The van der Waals surface area contributed by atoms with E-state index >= 15 is 0 Å². The van der Waals surface area contributed by atoms with Crippen molar-refractivity contribution in [2.24, 2.45) is 0 Å². The van der Waals surface area contributed by atoms with Crippen LogP contribution in [0.4, 0.5) is 0 Å². The lowest BCUT2D eigenvalue weighted by Gasteiger charge is -2.32. The molecule has 2 saturated heterocycles. The predicted molar refractivity (Wildman–Crippen MR) is 90.9 cm³/mol. The summed E-state index contributed by atoms with van der Waals surface area (Å²) < 4.78 is 17.5. The van der Waals surface area contributed by atoms with Crippen LogP contribution in [0.2, 0.25) is 0 Å². The molecule has 3 rings (SSSR count). The smallest absolute Gasteiger partial charge is 0.399 e. The molecule has 2 aliphatic heterocycles. The van der Waals surface area contributed by atoms with E-state index in [9.17, 15) is 5.11 Å². The Balaban J connectivity index is 1.68. The van der Waals surface area contributed by atoms with Gasteiger partial charge >= 0.3 is 7.12 Å². The molecule has 0 aromatic heterocycles. The molecule has 126 valence electrons. The van der Waals surface area contributed by atoms with Gasteiger partial charge in [0, 0.05) is 19.6 Å². The van der Waals surface area contributed by atoms with E-state index in [-0.39, 0.29) is 18.3 Å². The summed E-state index contributed by atoms with van der Waals surface area (Å²) in [6, 6.07) is 8.21. The third-order valence-corrected chi connectivity index (χ3v) is 5.46. The zero-order valence-corrected chi connectivity index (χ0v) is 14.6. The van der Waals surface area contributed by atoms with E-state index < -0.39 is 5.60 Å². The fourth-order valence-electron chi connectivity index (χ4n) is 3.08. The van der Waals surface area contributed by atoms with Gasteiger partial charge in [0.15, 0.2) is 0 Å². The maximum absolute atomic E-state index is 10.6. The third kappa shape index (κ3) is 3.48. The Morgan fingerprint density at radius 1 is 0.957 bits per heavy atom. The van der Waals surface area contributed by atoms with Crippen molar-refractivity contribution >= 4 is 12.6 Å². The highest BCUT2D eigenvalue weighted by molar-refractivity contribution is 6.62. The van der Waals surface area contributed by atoms with Crippen LogP contribution in [0.5, 0.6) is 0 Å². The first-order valence-electron chi connectivity index (χ1n) is 8.45. The van der Waals surface area contributed by atoms with Gasteiger partial charge in [0.05, 0.1) is 16.8 Å². The first-order valence-corrected chi connectivity index (χ1v) is 8.45. The maximum atomic E-state index is 10.6. The molecule has 23 heavy (non-hydrogen) atoms. The second-order valence-corrected chi connectivity index (χ2v) is 7.84. The molecule has 0 unspecified atom stereocenters. The molecule has 4 nitrogen and oxygen atoms in total. The van der Waals surface area contributed by atoms with E-state index in [1.54, 1.807) is 0 Å². The summed E-state index contributed by atoms with van der Waals surface area (Å²) in [5.74, 6) is 0. The van der Waals surface area contributed by atoms with Crippen LogP contribution in [0, 0.1) is 0 Å². The zero-order chi connectivity index (χ0) is 16.7. The normalized spacial score (nSPS) is 25.5. The van der Waals surface area contributed by atoms with Gasteiger partial charge in [0.1, 0.15) is 0 Å². The van der Waals surface area contributed by atoms with Crippen molar-refractivity contribution in [3.05, 3.63) is 29.8 Å². The van der Waals surface area contributed by atoms with Crippen LogP contribution in [-0.4, -0.2) is 42.2 Å². The molecule has 0 spiro atoms. The summed E-state index contributed by atoms with van der Waals surface area (Å²) >= 11 is 0. The minimum Gasteiger partial charge on any atom is -0.399 e. The van der Waals surface area contributed by atoms with Crippen molar-refractivity contribution in [3.8, 4) is 0 Å². The monoisotopic (exact) mass is 318 g/mol. The van der Waals surface area contributed by atoms with Gasteiger partial charge in [-0.1, -0.05) is 24.3 Å². The number of rotatable bonds is 3. The molecule has 0 atom stereocenters. The van der Waals surface area contributed by atoms with Crippen LogP contribution in [0.3, 0.4) is 0 Å². The van der Waals surface area contributed by atoms with Gasteiger partial charge in [-0.15, -0.1) is 0 Å². The van der Waals surface area contributed by atoms with E-state index in [1.165, 1.54) is 0 Å². The van der Waals surface area contributed by atoms with Gasteiger partial charge in [-0.25, -0.2) is 0 Å². The molecule has 5 heteroatoms. The van der Waals surface area contributed by atoms with E-state index in [0.29, 0.717) is 32.5 Å². The Hall–Kier alpha value is -0.875. The summed E-state index contributed by atoms with van der Waals surface area (Å²) in [6.45, 7) is 9.51. The molecule has 0 saturated carbocycles. The quantitative estimate of drug-likeness (QED) is 0.867. The van der Waals surface area contributed by atoms with Crippen molar-refractivity contribution in [2.45, 2.75) is 63.8 Å². The van der Waals surface area contributed by atoms with E-state index in [4.69, 9.17) is 14.0 Å². The summed E-state index contributed by atoms with van der Waals surface area (Å²) in [4.78, 5) is 0. The fourth-order valence-corrected chi connectivity index (χ4v) is 3.08. The number of hydrogen-bond donors (Lipinski definition) is 1. The molecule has 0 amide bonds. The summed E-state index contributed by atoms with van der Waals surface area (Å²) in [5.41, 5.74) is 0.867. The minimum atomic E-state index is -0.635. The summed E-state index contributed by atoms with van der Waals surface area (Å²) in [7, 11) is -0.333. The first kappa shape index (κ1) is 17.0. The number of ether oxygens (including phenoxy) is 1. The third-order valence-electron chi connectivity index (χ3n) is 5.46. The maximum Gasteiger partial charge on any atom is 0.494 e. The average Bonchev–Trinajstić information content (AvgIpc) is 2.68. The molecule has 0 radical (unpaired) electrons. The fraction of sp³-hybridized carbons (Fsp3) is 0.667. The number of hydrogen-bond acceptors (Lipinski definition) is 4. The van der Waals surface area contributed by atoms with E-state index in [2.05, 4.69) is 39.8 Å². The van der Waals surface area contributed by atoms with Crippen LogP contribution in [0.1, 0.15) is 46.1 Å². The van der Waals surface area contributed by atoms with Crippen molar-refractivity contribution < 1.29 is 19.2 Å². The Labute approximate surface area is 139 Å². The molecule has 2 aliphatic rings. The van der Waals surface area contributed by atoms with Gasteiger partial charge < -0.3 is 19.2 Å². The zero-order valence-electron chi connectivity index (χ0n) is 14.6. The molecule has 1 aromatic carbocycles. The molecule has 0 bridgehead atoms. The largest absolute Gasteiger partial charge is 0.494 e. The van der Waals surface area contributed by atoms with Crippen molar-refractivity contribution in [1.82, 2.24) is 0 Å². The van der Waals surface area contributed by atoms with Crippen LogP contribution in [-0.2, 0) is 20.5 Å². The van der Waals surface area contributed by atoms with E-state index in [1.807, 2.05) is 12.1 Å². The van der Waals surface area contributed by atoms with Crippen molar-refractivity contribution in [2.75, 3.05) is 13.2 Å². The molecule has 1 N–H and O–H groups in total. The lowest BCUT2D eigenvalue weighted by atomic mass is 9.78. The van der Waals surface area contributed by atoms with Crippen molar-refractivity contribution in [3.63, 3.8) is 0 Å². The van der Waals surface area contributed by atoms with Gasteiger partial charge in [-0.2, -0.15) is 0 Å². The standard InChI is InChI=1S/C18H27BO4/c1-16(2)17(3,4)23-19(22-16)15-7-5-14(6-8-15)13-18(20)9-11-21-12-10-18/h5-8,20H,9-13H2,1-4H3. The topological polar surface area (TPSA) is 47.9 Å². The highest BCUT2D eigenvalue weighted by atomic mass is 16.7. The highest BCUT2D eigenvalue weighted by Gasteiger charge is 2.51. The van der Waals surface area contributed by atoms with Crippen LogP contribution < -0.4 is 5.46 Å². The highest BCUT2D eigenvalue weighted by Crippen LogP contribution is 2.36. The Morgan fingerprint density at radius 2 is 1.48 bits per heavy atom. The second kappa shape index (κ2) is 5.89. The average molecular weight is 318 g/mol. The molecule has 0 aliphatic carbocycles.